The van der Waals surface area contributed by atoms with Gasteiger partial charge < -0.3 is 0 Å². The van der Waals surface area contributed by atoms with Crippen molar-refractivity contribution in [2.75, 3.05) is 0 Å². The summed E-state index contributed by atoms with van der Waals surface area (Å²) in [6, 6.07) is 0. The van der Waals surface area contributed by atoms with E-state index < -0.39 is 0 Å². The minimum absolute atomic E-state index is 0.0913. The zero-order valence-electron chi connectivity index (χ0n) is 8.27. The highest BCUT2D eigenvalue weighted by molar-refractivity contribution is 5.97. The van der Waals surface area contributed by atoms with Crippen molar-refractivity contribution in [3.8, 4) is 0 Å². The van der Waals surface area contributed by atoms with Crippen LogP contribution >= 0.6 is 0 Å². The molecule has 0 spiro atoms. The SMILES string of the molecule is CC1=CC[C@]2(C)[C@H]1C(=O)C2(C)C. The third kappa shape index (κ3) is 0.562. The van der Waals surface area contributed by atoms with Crippen LogP contribution in [-0.2, 0) is 4.79 Å². The molecule has 0 unspecified atom stereocenters. The summed E-state index contributed by atoms with van der Waals surface area (Å²) in [5.41, 5.74) is 1.43. The summed E-state index contributed by atoms with van der Waals surface area (Å²) in [5, 5.41) is 0. The number of hydrogen-bond donors (Lipinski definition) is 0. The van der Waals surface area contributed by atoms with Gasteiger partial charge in [-0.2, -0.15) is 0 Å². The van der Waals surface area contributed by atoms with E-state index in [1.54, 1.807) is 0 Å². The van der Waals surface area contributed by atoms with Crippen LogP contribution in [0, 0.1) is 16.7 Å². The van der Waals surface area contributed by atoms with Gasteiger partial charge in [-0.15, -0.1) is 0 Å². The van der Waals surface area contributed by atoms with E-state index in [0.29, 0.717) is 5.78 Å². The molecule has 0 heterocycles. The minimum atomic E-state index is -0.0913. The Balaban J connectivity index is 2.41. The van der Waals surface area contributed by atoms with Crippen molar-refractivity contribution in [3.63, 3.8) is 0 Å². The van der Waals surface area contributed by atoms with Gasteiger partial charge in [-0.05, 0) is 18.8 Å². The first-order valence-corrected chi connectivity index (χ1v) is 4.62. The number of fused-ring (bicyclic) bond motifs is 1. The summed E-state index contributed by atoms with van der Waals surface area (Å²) in [6.45, 7) is 8.49. The minimum Gasteiger partial charge on any atom is -0.298 e. The van der Waals surface area contributed by atoms with Gasteiger partial charge in [-0.1, -0.05) is 32.4 Å². The second kappa shape index (κ2) is 1.84. The molecule has 1 fully saturated rings. The fraction of sp³-hybridized carbons (Fsp3) is 0.727. The highest BCUT2D eigenvalue weighted by Gasteiger charge is 2.65. The molecule has 0 bridgehead atoms. The van der Waals surface area contributed by atoms with E-state index in [0.717, 1.165) is 6.42 Å². The van der Waals surface area contributed by atoms with Crippen LogP contribution in [0.25, 0.3) is 0 Å². The molecule has 2 rings (SSSR count). The van der Waals surface area contributed by atoms with E-state index in [9.17, 15) is 4.79 Å². The lowest BCUT2D eigenvalue weighted by molar-refractivity contribution is -0.162. The number of carbonyl (C=O) groups is 1. The van der Waals surface area contributed by atoms with E-state index in [1.165, 1.54) is 5.57 Å². The molecular weight excluding hydrogens is 148 g/mol. The lowest BCUT2D eigenvalue weighted by Gasteiger charge is -2.56. The average molecular weight is 164 g/mol. The Kier molecular flexibility index (Phi) is 1.23. The van der Waals surface area contributed by atoms with E-state index in [4.69, 9.17) is 0 Å². The van der Waals surface area contributed by atoms with Crippen LogP contribution in [0.1, 0.15) is 34.1 Å². The van der Waals surface area contributed by atoms with Gasteiger partial charge in [0.25, 0.3) is 0 Å². The van der Waals surface area contributed by atoms with Gasteiger partial charge >= 0.3 is 0 Å². The molecule has 2 atom stereocenters. The predicted molar refractivity (Wildman–Crippen MR) is 48.8 cm³/mol. The van der Waals surface area contributed by atoms with E-state index in [1.807, 2.05) is 0 Å². The lowest BCUT2D eigenvalue weighted by Crippen LogP contribution is -2.60. The van der Waals surface area contributed by atoms with E-state index in [2.05, 4.69) is 33.8 Å². The molecule has 0 aromatic heterocycles. The summed E-state index contributed by atoms with van der Waals surface area (Å²) < 4.78 is 0. The summed E-state index contributed by atoms with van der Waals surface area (Å²) in [4.78, 5) is 11.7. The van der Waals surface area contributed by atoms with Gasteiger partial charge in [0.15, 0.2) is 0 Å². The topological polar surface area (TPSA) is 17.1 Å². The Morgan fingerprint density at radius 2 is 2.00 bits per heavy atom. The molecule has 2 aliphatic carbocycles. The maximum Gasteiger partial charge on any atom is 0.146 e. The molecule has 0 aliphatic heterocycles. The third-order valence-electron chi connectivity index (χ3n) is 4.25. The molecule has 0 aromatic rings. The van der Waals surface area contributed by atoms with Crippen molar-refractivity contribution < 1.29 is 4.79 Å². The first-order valence-electron chi connectivity index (χ1n) is 4.62. The molecule has 0 amide bonds. The first-order chi connectivity index (χ1) is 5.41. The van der Waals surface area contributed by atoms with Crippen LogP contribution in [0.4, 0.5) is 0 Å². The average Bonchev–Trinajstić information content (AvgIpc) is 2.27. The third-order valence-corrected chi connectivity index (χ3v) is 4.25. The number of rotatable bonds is 0. The molecule has 1 nitrogen and oxygen atoms in total. The van der Waals surface area contributed by atoms with Crippen molar-refractivity contribution >= 4 is 5.78 Å². The van der Waals surface area contributed by atoms with Crippen LogP contribution in [-0.4, -0.2) is 5.78 Å². The summed E-state index contributed by atoms with van der Waals surface area (Å²) in [5.74, 6) is 0.684. The number of allylic oxidation sites excluding steroid dienone is 2. The van der Waals surface area contributed by atoms with Gasteiger partial charge in [0.1, 0.15) is 5.78 Å². The molecule has 2 aliphatic rings. The Labute approximate surface area is 73.8 Å². The summed E-state index contributed by atoms with van der Waals surface area (Å²) in [7, 11) is 0. The van der Waals surface area contributed by atoms with Crippen molar-refractivity contribution in [3.05, 3.63) is 11.6 Å². The maximum atomic E-state index is 11.7. The molecule has 0 radical (unpaired) electrons. The summed E-state index contributed by atoms with van der Waals surface area (Å²) in [6.07, 6.45) is 3.32. The molecule has 1 saturated carbocycles. The molecule has 66 valence electrons. The van der Waals surface area contributed by atoms with Gasteiger partial charge in [0, 0.05) is 11.3 Å². The van der Waals surface area contributed by atoms with Crippen molar-refractivity contribution in [2.45, 2.75) is 34.1 Å². The molecule has 0 saturated heterocycles. The largest absolute Gasteiger partial charge is 0.298 e. The number of ketones is 1. The standard InChI is InChI=1S/C11H16O/c1-7-5-6-11(4)8(7)9(12)10(11,2)3/h5,8H,6H2,1-4H3/t8-,11-/m1/s1. The van der Waals surface area contributed by atoms with Crippen LogP contribution in [0.5, 0.6) is 0 Å². The Hall–Kier alpha value is -0.590. The second-order valence-corrected chi connectivity index (χ2v) is 4.99. The fourth-order valence-corrected chi connectivity index (χ4v) is 2.79. The first kappa shape index (κ1) is 8.03. The van der Waals surface area contributed by atoms with Gasteiger partial charge in [0.2, 0.25) is 0 Å². The monoisotopic (exact) mass is 164 g/mol. The van der Waals surface area contributed by atoms with Gasteiger partial charge in [-0.25, -0.2) is 0 Å². The zero-order valence-corrected chi connectivity index (χ0v) is 8.27. The van der Waals surface area contributed by atoms with E-state index in [-0.39, 0.29) is 16.7 Å². The van der Waals surface area contributed by atoms with Crippen molar-refractivity contribution in [1.29, 1.82) is 0 Å². The normalized spacial score (nSPS) is 43.5. The van der Waals surface area contributed by atoms with Crippen LogP contribution in [0.15, 0.2) is 11.6 Å². The van der Waals surface area contributed by atoms with Crippen LogP contribution in [0.2, 0.25) is 0 Å². The van der Waals surface area contributed by atoms with Crippen molar-refractivity contribution in [2.24, 2.45) is 16.7 Å². The van der Waals surface area contributed by atoms with Crippen LogP contribution in [0.3, 0.4) is 0 Å². The number of Topliss-reactive ketones (excluding diaryl/α,β-unsaturated/α-hetero) is 1. The Morgan fingerprint density at radius 1 is 1.42 bits per heavy atom. The number of hydrogen-bond acceptors (Lipinski definition) is 1. The fourth-order valence-electron chi connectivity index (χ4n) is 2.79. The van der Waals surface area contributed by atoms with E-state index >= 15 is 0 Å². The molecule has 12 heavy (non-hydrogen) atoms. The highest BCUT2D eigenvalue weighted by atomic mass is 16.1. The maximum absolute atomic E-state index is 11.7. The van der Waals surface area contributed by atoms with Crippen molar-refractivity contribution in [1.82, 2.24) is 0 Å². The summed E-state index contributed by atoms with van der Waals surface area (Å²) >= 11 is 0. The lowest BCUT2D eigenvalue weighted by atomic mass is 9.45. The van der Waals surface area contributed by atoms with Gasteiger partial charge in [0.05, 0.1) is 0 Å². The molecule has 0 N–H and O–H groups in total. The Bertz CT molecular complexity index is 285. The zero-order chi connectivity index (χ0) is 9.15. The Morgan fingerprint density at radius 3 is 2.50 bits per heavy atom. The highest BCUT2D eigenvalue weighted by Crippen LogP contribution is 2.64. The van der Waals surface area contributed by atoms with Crippen LogP contribution < -0.4 is 0 Å². The predicted octanol–water partition coefficient (Wildman–Crippen LogP) is 2.57. The second-order valence-electron chi connectivity index (χ2n) is 4.99. The molecular formula is C11H16O. The smallest absolute Gasteiger partial charge is 0.146 e. The van der Waals surface area contributed by atoms with Gasteiger partial charge in [-0.3, -0.25) is 4.79 Å². The quantitative estimate of drug-likeness (QED) is 0.503. The molecule has 0 aromatic carbocycles. The number of carbonyl (C=O) groups excluding carboxylic acids is 1. The molecule has 1 heteroatoms.